The minimum absolute atomic E-state index is 0.0629. The van der Waals surface area contributed by atoms with Crippen molar-refractivity contribution < 1.29 is 14.8 Å². The van der Waals surface area contributed by atoms with Gasteiger partial charge in [0, 0.05) is 12.1 Å². The summed E-state index contributed by atoms with van der Waals surface area (Å²) < 4.78 is 0. The van der Waals surface area contributed by atoms with Gasteiger partial charge < -0.3 is 5.11 Å². The van der Waals surface area contributed by atoms with Crippen LogP contribution in [0.25, 0.3) is 0 Å². The average molecular weight is 353 g/mol. The highest BCUT2D eigenvalue weighted by atomic mass is 79.9. The van der Waals surface area contributed by atoms with E-state index in [0.29, 0.717) is 5.56 Å². The van der Waals surface area contributed by atoms with Gasteiger partial charge in [-0.1, -0.05) is 44.0 Å². The van der Waals surface area contributed by atoms with Gasteiger partial charge in [-0.3, -0.25) is 14.9 Å². The zero-order valence-electron chi connectivity index (χ0n) is 7.84. The molecule has 0 unspecified atom stereocenters. The maximum absolute atomic E-state index is 10.7. The van der Waals surface area contributed by atoms with E-state index in [2.05, 4.69) is 31.9 Å². The molecule has 0 radical (unpaired) electrons. The number of aliphatic carboxylic acids is 1. The summed E-state index contributed by atoms with van der Waals surface area (Å²) in [6, 6.07) is 5.84. The minimum atomic E-state index is -1.03. The lowest BCUT2D eigenvalue weighted by Gasteiger charge is -2.12. The Morgan fingerprint density at radius 3 is 2.56 bits per heavy atom. The molecule has 1 aromatic rings. The summed E-state index contributed by atoms with van der Waals surface area (Å²) >= 11 is 6.17. The Kier molecular flexibility index (Phi) is 4.43. The average Bonchev–Trinajstić information content (AvgIpc) is 2.27. The van der Waals surface area contributed by atoms with Crippen molar-refractivity contribution >= 4 is 43.5 Å². The predicted molar refractivity (Wildman–Crippen MR) is 65.1 cm³/mol. The van der Waals surface area contributed by atoms with Gasteiger partial charge in [0.15, 0.2) is 0 Å². The smallest absolute Gasteiger partial charge is 0.318 e. The number of carbonyl (C=O) groups is 1. The first-order chi connectivity index (χ1) is 7.43. The summed E-state index contributed by atoms with van der Waals surface area (Å²) in [7, 11) is 0. The largest absolute Gasteiger partial charge is 0.480 e. The van der Waals surface area contributed by atoms with Crippen LogP contribution in [0.5, 0.6) is 0 Å². The fourth-order valence-electron chi connectivity index (χ4n) is 1.10. The van der Waals surface area contributed by atoms with E-state index in [1.165, 1.54) is 18.2 Å². The van der Waals surface area contributed by atoms with E-state index in [-0.39, 0.29) is 5.69 Å². The van der Waals surface area contributed by atoms with Gasteiger partial charge in [0.25, 0.3) is 5.69 Å². The molecule has 1 rings (SSSR count). The summed E-state index contributed by atoms with van der Waals surface area (Å²) in [6.45, 7) is 0. The Balaban J connectivity index is 3.00. The number of nitro benzene ring substituents is 1. The van der Waals surface area contributed by atoms with Crippen molar-refractivity contribution in [1.82, 2.24) is 0 Å². The van der Waals surface area contributed by atoms with E-state index in [4.69, 9.17) is 5.11 Å². The van der Waals surface area contributed by atoms with E-state index in [9.17, 15) is 14.9 Å². The van der Waals surface area contributed by atoms with Gasteiger partial charge in [0.2, 0.25) is 0 Å². The van der Waals surface area contributed by atoms with Gasteiger partial charge in [-0.15, -0.1) is 0 Å². The molecule has 0 saturated carbocycles. The third kappa shape index (κ3) is 3.02. The molecule has 5 nitrogen and oxygen atoms in total. The normalized spacial score (nSPS) is 14.1. The fraction of sp³-hybridized carbons (Fsp3) is 0.222. The number of hydrogen-bond acceptors (Lipinski definition) is 3. The van der Waals surface area contributed by atoms with Crippen molar-refractivity contribution in [2.24, 2.45) is 0 Å². The van der Waals surface area contributed by atoms with Gasteiger partial charge in [-0.25, -0.2) is 0 Å². The molecule has 0 aliphatic carbocycles. The van der Waals surface area contributed by atoms with Crippen LogP contribution in [0.3, 0.4) is 0 Å². The van der Waals surface area contributed by atoms with E-state index in [0.717, 1.165) is 0 Å². The van der Waals surface area contributed by atoms with Crippen molar-refractivity contribution in [3.05, 3.63) is 39.9 Å². The van der Waals surface area contributed by atoms with Crippen LogP contribution in [0.4, 0.5) is 5.69 Å². The first kappa shape index (κ1) is 13.1. The molecule has 16 heavy (non-hydrogen) atoms. The number of nitrogens with zero attached hydrogens (tertiary/aromatic N) is 1. The molecule has 1 aromatic carbocycles. The van der Waals surface area contributed by atoms with Gasteiger partial charge in [0.1, 0.15) is 4.83 Å². The molecule has 2 atom stereocenters. The lowest BCUT2D eigenvalue weighted by molar-refractivity contribution is -0.384. The first-order valence-corrected chi connectivity index (χ1v) is 6.02. The third-order valence-electron chi connectivity index (χ3n) is 1.89. The number of carboxylic acids is 1. The van der Waals surface area contributed by atoms with Crippen LogP contribution in [0, 0.1) is 10.1 Å². The zero-order valence-corrected chi connectivity index (χ0v) is 11.0. The Hall–Kier alpha value is -0.950. The molecule has 0 bridgehead atoms. The van der Waals surface area contributed by atoms with Gasteiger partial charge >= 0.3 is 5.97 Å². The fourth-order valence-corrected chi connectivity index (χ4v) is 1.92. The van der Waals surface area contributed by atoms with Crippen molar-refractivity contribution in [1.29, 1.82) is 0 Å². The van der Waals surface area contributed by atoms with Crippen LogP contribution in [0.1, 0.15) is 10.4 Å². The molecular weight excluding hydrogens is 346 g/mol. The Bertz CT molecular complexity index is 424. The number of benzene rings is 1. The molecule has 0 aliphatic heterocycles. The Labute approximate surface area is 108 Å². The number of non-ortho nitro benzene ring substituents is 1. The summed E-state index contributed by atoms with van der Waals surface area (Å²) in [4.78, 5) is 19.4. The minimum Gasteiger partial charge on any atom is -0.480 e. The Morgan fingerprint density at radius 1 is 1.44 bits per heavy atom. The number of nitro groups is 1. The molecule has 0 aliphatic rings. The number of carboxylic acid groups (broad SMARTS) is 1. The van der Waals surface area contributed by atoms with E-state index in [1.54, 1.807) is 6.07 Å². The SMILES string of the molecule is O=C(O)[C@H](Br)[C@@H](Br)c1cccc([N+](=O)[O-])c1. The monoisotopic (exact) mass is 351 g/mol. The first-order valence-electron chi connectivity index (χ1n) is 4.18. The van der Waals surface area contributed by atoms with Gasteiger partial charge in [0.05, 0.1) is 9.75 Å². The maximum Gasteiger partial charge on any atom is 0.318 e. The Morgan fingerprint density at radius 2 is 2.06 bits per heavy atom. The quantitative estimate of drug-likeness (QED) is 0.513. The summed E-state index contributed by atoms with van der Waals surface area (Å²) in [5, 5.41) is 19.3. The van der Waals surface area contributed by atoms with Crippen LogP contribution < -0.4 is 0 Å². The van der Waals surface area contributed by atoms with E-state index >= 15 is 0 Å². The molecule has 7 heteroatoms. The molecular formula is C9H7Br2NO4. The predicted octanol–water partition coefficient (Wildman–Crippen LogP) is 2.88. The summed E-state index contributed by atoms with van der Waals surface area (Å²) in [6.07, 6.45) is 0. The molecule has 1 N–H and O–H groups in total. The van der Waals surface area contributed by atoms with Crippen molar-refractivity contribution in [3.63, 3.8) is 0 Å². The number of hydrogen-bond donors (Lipinski definition) is 1. The van der Waals surface area contributed by atoms with Crippen LogP contribution in [0.2, 0.25) is 0 Å². The van der Waals surface area contributed by atoms with Gasteiger partial charge in [-0.05, 0) is 5.56 Å². The number of rotatable bonds is 4. The molecule has 86 valence electrons. The lowest BCUT2D eigenvalue weighted by atomic mass is 10.1. The molecule has 0 aromatic heterocycles. The molecule has 0 saturated heterocycles. The second-order valence-corrected chi connectivity index (χ2v) is 4.97. The van der Waals surface area contributed by atoms with Crippen LogP contribution in [-0.4, -0.2) is 20.8 Å². The summed E-state index contributed by atoms with van der Waals surface area (Å²) in [5.41, 5.74) is 0.477. The van der Waals surface area contributed by atoms with E-state index < -0.39 is 20.5 Å². The zero-order chi connectivity index (χ0) is 12.3. The van der Waals surface area contributed by atoms with Crippen molar-refractivity contribution in [2.45, 2.75) is 9.65 Å². The highest BCUT2D eigenvalue weighted by molar-refractivity contribution is 9.12. The topological polar surface area (TPSA) is 80.4 Å². The van der Waals surface area contributed by atoms with Crippen LogP contribution in [0.15, 0.2) is 24.3 Å². The van der Waals surface area contributed by atoms with Crippen molar-refractivity contribution in [3.8, 4) is 0 Å². The van der Waals surface area contributed by atoms with Crippen molar-refractivity contribution in [2.75, 3.05) is 0 Å². The highest BCUT2D eigenvalue weighted by Crippen LogP contribution is 2.32. The summed E-state index contributed by atoms with van der Waals surface area (Å²) in [5.74, 6) is -1.03. The standard InChI is InChI=1S/C9H7Br2NO4/c10-7(8(11)9(13)14)5-2-1-3-6(4-5)12(15)16/h1-4,7-8H,(H,13,14)/t7-,8+/m0/s1. The molecule has 0 heterocycles. The molecule has 0 amide bonds. The van der Waals surface area contributed by atoms with Crippen LogP contribution in [-0.2, 0) is 4.79 Å². The number of halogens is 2. The van der Waals surface area contributed by atoms with Crippen LogP contribution >= 0.6 is 31.9 Å². The lowest BCUT2D eigenvalue weighted by Crippen LogP contribution is -2.17. The van der Waals surface area contributed by atoms with E-state index in [1.807, 2.05) is 0 Å². The number of alkyl halides is 2. The molecule has 0 fully saturated rings. The third-order valence-corrected chi connectivity index (χ3v) is 4.58. The second-order valence-electron chi connectivity index (χ2n) is 2.99. The maximum atomic E-state index is 10.7. The molecule has 0 spiro atoms. The second kappa shape index (κ2) is 5.40. The highest BCUT2D eigenvalue weighted by Gasteiger charge is 2.25. The van der Waals surface area contributed by atoms with Gasteiger partial charge in [-0.2, -0.15) is 0 Å².